The van der Waals surface area contributed by atoms with Crippen LogP contribution < -0.4 is 5.32 Å². The summed E-state index contributed by atoms with van der Waals surface area (Å²) in [6.45, 7) is 3.04. The van der Waals surface area contributed by atoms with Crippen molar-refractivity contribution in [1.82, 2.24) is 10.2 Å². The minimum Gasteiger partial charge on any atom is -0.478 e. The molecule has 0 amide bonds. The fourth-order valence-electron chi connectivity index (χ4n) is 2.13. The number of nitrogens with zero attached hydrogens (tertiary/aromatic N) is 1. The summed E-state index contributed by atoms with van der Waals surface area (Å²) in [5, 5.41) is 12.3. The van der Waals surface area contributed by atoms with E-state index in [9.17, 15) is 4.79 Å². The van der Waals surface area contributed by atoms with Crippen LogP contribution in [0.4, 0.5) is 0 Å². The van der Waals surface area contributed by atoms with Gasteiger partial charge in [0.2, 0.25) is 0 Å². The van der Waals surface area contributed by atoms with Crippen LogP contribution in [-0.4, -0.2) is 42.2 Å². The average molecular weight is 234 g/mol. The summed E-state index contributed by atoms with van der Waals surface area (Å²) in [6, 6.07) is 7.60. The van der Waals surface area contributed by atoms with Crippen LogP contribution in [0.15, 0.2) is 24.3 Å². The zero-order valence-corrected chi connectivity index (χ0v) is 10.0. The molecule has 1 heterocycles. The van der Waals surface area contributed by atoms with Crippen LogP contribution in [0, 0.1) is 0 Å². The fraction of sp³-hybridized carbons (Fsp3) is 0.462. The Hall–Kier alpha value is -1.39. The van der Waals surface area contributed by atoms with Gasteiger partial charge >= 0.3 is 5.97 Å². The summed E-state index contributed by atoms with van der Waals surface area (Å²) >= 11 is 0. The number of hydrogen-bond acceptors (Lipinski definition) is 3. The molecule has 0 saturated carbocycles. The normalized spacial score (nSPS) is 20.6. The summed E-state index contributed by atoms with van der Waals surface area (Å²) in [4.78, 5) is 13.0. The molecule has 4 nitrogen and oxygen atoms in total. The Bertz CT molecular complexity index is 389. The molecule has 0 aromatic heterocycles. The third-order valence-electron chi connectivity index (χ3n) is 3.19. The molecule has 17 heavy (non-hydrogen) atoms. The Morgan fingerprint density at radius 2 is 2.18 bits per heavy atom. The molecule has 1 aromatic rings. The lowest BCUT2D eigenvalue weighted by Crippen LogP contribution is -2.30. The maximum Gasteiger partial charge on any atom is 0.335 e. The molecule has 0 aliphatic carbocycles. The number of carboxylic acids is 1. The van der Waals surface area contributed by atoms with Gasteiger partial charge in [0.15, 0.2) is 0 Å². The first-order valence-corrected chi connectivity index (χ1v) is 5.89. The van der Waals surface area contributed by atoms with Crippen LogP contribution in [-0.2, 0) is 6.54 Å². The van der Waals surface area contributed by atoms with Gasteiger partial charge in [-0.2, -0.15) is 0 Å². The molecule has 0 radical (unpaired) electrons. The summed E-state index contributed by atoms with van der Waals surface area (Å²) < 4.78 is 0. The molecule has 1 aliphatic rings. The number of carbonyl (C=O) groups is 1. The van der Waals surface area contributed by atoms with Crippen LogP contribution in [0.2, 0.25) is 0 Å². The molecule has 1 unspecified atom stereocenters. The minimum absolute atomic E-state index is 0.342. The first-order valence-electron chi connectivity index (χ1n) is 5.89. The number of likely N-dealkylation sites (tertiary alicyclic amines) is 1. The van der Waals surface area contributed by atoms with Crippen LogP contribution in [0.1, 0.15) is 22.3 Å². The molecule has 1 aromatic carbocycles. The summed E-state index contributed by atoms with van der Waals surface area (Å²) in [5.74, 6) is -0.873. The number of aromatic carboxylic acids is 1. The van der Waals surface area contributed by atoms with Gasteiger partial charge in [-0.05, 0) is 37.7 Å². The Morgan fingerprint density at radius 1 is 1.47 bits per heavy atom. The van der Waals surface area contributed by atoms with Gasteiger partial charge in [0.25, 0.3) is 0 Å². The van der Waals surface area contributed by atoms with E-state index in [4.69, 9.17) is 5.11 Å². The number of hydrogen-bond donors (Lipinski definition) is 2. The Kier molecular flexibility index (Phi) is 3.76. The fourth-order valence-corrected chi connectivity index (χ4v) is 2.13. The molecule has 0 spiro atoms. The highest BCUT2D eigenvalue weighted by Gasteiger charge is 2.18. The molecular weight excluding hydrogens is 216 g/mol. The van der Waals surface area contributed by atoms with E-state index in [1.807, 2.05) is 12.1 Å². The molecule has 1 aliphatic heterocycles. The van der Waals surface area contributed by atoms with Crippen molar-refractivity contribution in [2.45, 2.75) is 19.0 Å². The second kappa shape index (κ2) is 5.29. The van der Waals surface area contributed by atoms with Gasteiger partial charge in [0.05, 0.1) is 5.56 Å². The van der Waals surface area contributed by atoms with Crippen molar-refractivity contribution in [3.8, 4) is 0 Å². The van der Waals surface area contributed by atoms with E-state index in [0.717, 1.165) is 25.2 Å². The smallest absolute Gasteiger partial charge is 0.335 e. The minimum atomic E-state index is -0.873. The van der Waals surface area contributed by atoms with E-state index < -0.39 is 5.97 Å². The predicted octanol–water partition coefficient (Wildman–Crippen LogP) is 1.18. The Morgan fingerprint density at radius 3 is 2.71 bits per heavy atom. The van der Waals surface area contributed by atoms with Gasteiger partial charge in [-0.15, -0.1) is 0 Å². The van der Waals surface area contributed by atoms with Crippen LogP contribution >= 0.6 is 0 Å². The van der Waals surface area contributed by atoms with E-state index in [-0.39, 0.29) is 0 Å². The zero-order chi connectivity index (χ0) is 12.3. The standard InChI is InChI=1S/C13H18N2O2/c1-15-7-6-12(9-15)14-8-10-2-4-11(5-3-10)13(16)17/h2-5,12,14H,6-9H2,1H3,(H,16,17). The molecule has 1 fully saturated rings. The second-order valence-electron chi connectivity index (χ2n) is 4.63. The summed E-state index contributed by atoms with van der Waals surface area (Å²) in [6.07, 6.45) is 1.18. The van der Waals surface area contributed by atoms with Crippen LogP contribution in [0.25, 0.3) is 0 Å². The second-order valence-corrected chi connectivity index (χ2v) is 4.63. The number of rotatable bonds is 4. The lowest BCUT2D eigenvalue weighted by Gasteiger charge is -2.12. The van der Waals surface area contributed by atoms with E-state index in [0.29, 0.717) is 11.6 Å². The zero-order valence-electron chi connectivity index (χ0n) is 10.0. The van der Waals surface area contributed by atoms with Crippen molar-refractivity contribution in [2.24, 2.45) is 0 Å². The van der Waals surface area contributed by atoms with Crippen LogP contribution in [0.5, 0.6) is 0 Å². The van der Waals surface area contributed by atoms with Crippen molar-refractivity contribution in [3.05, 3.63) is 35.4 Å². The quantitative estimate of drug-likeness (QED) is 0.821. The molecule has 2 rings (SSSR count). The van der Waals surface area contributed by atoms with Gasteiger partial charge in [0, 0.05) is 19.1 Å². The monoisotopic (exact) mass is 234 g/mol. The SMILES string of the molecule is CN1CCC(NCc2ccc(C(=O)O)cc2)C1. The molecule has 0 bridgehead atoms. The molecule has 2 N–H and O–H groups in total. The molecular formula is C13H18N2O2. The average Bonchev–Trinajstić information content (AvgIpc) is 2.73. The van der Waals surface area contributed by atoms with E-state index in [2.05, 4.69) is 17.3 Å². The highest BCUT2D eigenvalue weighted by molar-refractivity contribution is 5.87. The lowest BCUT2D eigenvalue weighted by molar-refractivity contribution is 0.0697. The number of carboxylic acid groups (broad SMARTS) is 1. The van der Waals surface area contributed by atoms with Crippen molar-refractivity contribution in [3.63, 3.8) is 0 Å². The summed E-state index contributed by atoms with van der Waals surface area (Å²) in [5.41, 5.74) is 1.47. The molecule has 1 atom stereocenters. The first-order chi connectivity index (χ1) is 8.15. The predicted molar refractivity (Wildman–Crippen MR) is 66.1 cm³/mol. The largest absolute Gasteiger partial charge is 0.478 e. The van der Waals surface area contributed by atoms with Gasteiger partial charge in [-0.25, -0.2) is 4.79 Å². The molecule has 1 saturated heterocycles. The van der Waals surface area contributed by atoms with Gasteiger partial charge in [0.1, 0.15) is 0 Å². The van der Waals surface area contributed by atoms with E-state index in [1.54, 1.807) is 12.1 Å². The molecule has 92 valence electrons. The Labute approximate surface area is 101 Å². The Balaban J connectivity index is 1.85. The maximum absolute atomic E-state index is 10.7. The van der Waals surface area contributed by atoms with E-state index in [1.165, 1.54) is 6.42 Å². The van der Waals surface area contributed by atoms with Gasteiger partial charge < -0.3 is 15.3 Å². The van der Waals surface area contributed by atoms with Crippen molar-refractivity contribution >= 4 is 5.97 Å². The number of benzene rings is 1. The van der Waals surface area contributed by atoms with Crippen LogP contribution in [0.3, 0.4) is 0 Å². The number of nitrogens with one attached hydrogen (secondary N) is 1. The van der Waals surface area contributed by atoms with Crippen molar-refractivity contribution < 1.29 is 9.90 Å². The first kappa shape index (κ1) is 12.1. The molecule has 4 heteroatoms. The van der Waals surface area contributed by atoms with Gasteiger partial charge in [-0.3, -0.25) is 0 Å². The van der Waals surface area contributed by atoms with Crippen molar-refractivity contribution in [2.75, 3.05) is 20.1 Å². The lowest BCUT2D eigenvalue weighted by atomic mass is 10.1. The third kappa shape index (κ3) is 3.28. The van der Waals surface area contributed by atoms with Gasteiger partial charge in [-0.1, -0.05) is 12.1 Å². The topological polar surface area (TPSA) is 52.6 Å². The summed E-state index contributed by atoms with van der Waals surface area (Å²) in [7, 11) is 2.13. The maximum atomic E-state index is 10.7. The highest BCUT2D eigenvalue weighted by atomic mass is 16.4. The third-order valence-corrected chi connectivity index (χ3v) is 3.19. The van der Waals surface area contributed by atoms with Crippen molar-refractivity contribution in [1.29, 1.82) is 0 Å². The number of likely N-dealkylation sites (N-methyl/N-ethyl adjacent to an activating group) is 1. The highest BCUT2D eigenvalue weighted by Crippen LogP contribution is 2.08. The van der Waals surface area contributed by atoms with E-state index >= 15 is 0 Å².